The first-order valence-electron chi connectivity index (χ1n) is 2.25. The predicted molar refractivity (Wildman–Crippen MR) is 42.2 cm³/mol. The molecule has 0 saturated heterocycles. The molecule has 0 amide bonds. The Bertz CT molecular complexity index is 94.4. The molecule has 0 rings (SSSR count). The van der Waals surface area contributed by atoms with Gasteiger partial charge in [-0.15, -0.1) is 0 Å². The summed E-state index contributed by atoms with van der Waals surface area (Å²) in [7, 11) is 9.75. The van der Waals surface area contributed by atoms with Crippen molar-refractivity contribution >= 4 is 18.8 Å². The van der Waals surface area contributed by atoms with Crippen LogP contribution in [-0.2, 0) is 16.5 Å². The molecule has 0 spiro atoms. The summed E-state index contributed by atoms with van der Waals surface area (Å²) in [5.41, 5.74) is 0.917. The fraction of sp³-hybridized carbons (Fsp3) is 0.500. The first-order chi connectivity index (χ1) is 4.56. The van der Waals surface area contributed by atoms with Gasteiger partial charge in [-0.3, -0.25) is 5.57 Å². The molecule has 0 aliphatic heterocycles. The Morgan fingerprint density at radius 1 is 1.50 bits per heavy atom. The average molecular weight is 362 g/mol. The van der Waals surface area contributed by atoms with Crippen molar-refractivity contribution in [1.82, 2.24) is 0 Å². The molecule has 0 N–H and O–H groups in total. The van der Waals surface area contributed by atoms with Crippen LogP contribution in [0.5, 0.6) is 0 Å². The zero-order valence-corrected chi connectivity index (χ0v) is 9.88. The van der Waals surface area contributed by atoms with Gasteiger partial charge in [0.25, 0.3) is 0 Å². The van der Waals surface area contributed by atoms with Crippen LogP contribution >= 0.6 is 18.8 Å². The van der Waals surface area contributed by atoms with E-state index < -0.39 is 16.5 Å². The first kappa shape index (κ1) is 16.8. The number of hydrogen-bond acceptors (Lipinski definition) is 1. The third kappa shape index (κ3) is 1920. The van der Waals surface area contributed by atoms with Gasteiger partial charge < -0.3 is 6.58 Å². The second-order valence-corrected chi connectivity index (χ2v) is 4.63. The van der Waals surface area contributed by atoms with Crippen molar-refractivity contribution < 1.29 is 16.5 Å². The molecule has 0 heterocycles. The van der Waals surface area contributed by atoms with Gasteiger partial charge in [0.2, 0.25) is 0 Å². The van der Waals surface area contributed by atoms with Crippen molar-refractivity contribution in [3.8, 4) is 6.07 Å². The van der Waals surface area contributed by atoms with Crippen molar-refractivity contribution in [2.75, 3.05) is 0 Å². The Balaban J connectivity index is -0.0000000750. The van der Waals surface area contributed by atoms with E-state index >= 15 is 0 Å². The summed E-state index contributed by atoms with van der Waals surface area (Å²) in [6.45, 7) is 10.2. The zero-order chi connectivity index (χ0) is 8.99. The van der Waals surface area contributed by atoms with Gasteiger partial charge in [-0.1, -0.05) is 13.8 Å². The van der Waals surface area contributed by atoms with Crippen LogP contribution in [0.3, 0.4) is 0 Å². The van der Waals surface area contributed by atoms with Crippen LogP contribution in [-0.4, -0.2) is 0 Å². The molecule has 0 unspecified atom stereocenters. The van der Waals surface area contributed by atoms with E-state index in [4.69, 9.17) is 30.7 Å². The first-order valence-corrected chi connectivity index (χ1v) is 7.88. The molecule has 0 aromatic heterocycles. The fourth-order valence-electron chi connectivity index (χ4n) is 0. The molecule has 0 fully saturated rings. The van der Waals surface area contributed by atoms with E-state index in [1.165, 1.54) is 6.92 Å². The van der Waals surface area contributed by atoms with E-state index in [0.29, 0.717) is 0 Å². The number of halogens is 2. The Kier molecular flexibility index (Phi) is 38.2. The molecular formula is C6H10Cl2NPt-. The molecule has 10 heavy (non-hydrogen) atoms. The molecule has 0 aliphatic carbocycles. The summed E-state index contributed by atoms with van der Waals surface area (Å²) in [6, 6.07) is 1.75. The molecular weight excluding hydrogens is 352 g/mol. The van der Waals surface area contributed by atoms with Crippen LogP contribution in [0.15, 0.2) is 5.57 Å². The van der Waals surface area contributed by atoms with Crippen LogP contribution < -0.4 is 0 Å². The Hall–Kier alpha value is 0.498. The molecule has 0 atom stereocenters. The molecule has 4 heteroatoms. The molecule has 0 aromatic rings. The number of hydrogen-bond donors (Lipinski definition) is 0. The van der Waals surface area contributed by atoms with E-state index in [2.05, 4.69) is 0 Å². The predicted octanol–water partition coefficient (Wildman–Crippen LogP) is 3.29. The minimum atomic E-state index is -0.472. The molecule has 0 bridgehead atoms. The SMILES string of the molecule is CC#N.[CH-]=C(C)C.[Cl][Pt][Cl]. The van der Waals surface area contributed by atoms with Crippen LogP contribution in [0, 0.1) is 17.9 Å². The van der Waals surface area contributed by atoms with E-state index in [-0.39, 0.29) is 0 Å². The molecule has 0 radical (unpaired) electrons. The van der Waals surface area contributed by atoms with Crippen molar-refractivity contribution in [2.45, 2.75) is 20.8 Å². The van der Waals surface area contributed by atoms with Crippen LogP contribution in [0.25, 0.3) is 0 Å². The van der Waals surface area contributed by atoms with Crippen molar-refractivity contribution in [1.29, 1.82) is 5.26 Å². The second kappa shape index (κ2) is 22.7. The number of nitrogens with zero attached hydrogens (tertiary/aromatic N) is 1. The molecule has 64 valence electrons. The standard InChI is InChI=1S/C4H7.C2H3N.2ClH.Pt/c1-4(2)3;1-2-3;;;/h1H,2-3H3;1H3;2*1H;/q-1;;;;+2/p-2. The number of nitriles is 1. The van der Waals surface area contributed by atoms with Gasteiger partial charge in [0.05, 0.1) is 6.07 Å². The Morgan fingerprint density at radius 3 is 1.50 bits per heavy atom. The summed E-state index contributed by atoms with van der Waals surface area (Å²) >= 11 is -0.472. The van der Waals surface area contributed by atoms with Gasteiger partial charge in [-0.2, -0.15) is 5.26 Å². The van der Waals surface area contributed by atoms with E-state index in [0.717, 1.165) is 5.57 Å². The van der Waals surface area contributed by atoms with E-state index in [1.807, 2.05) is 13.8 Å². The summed E-state index contributed by atoms with van der Waals surface area (Å²) in [5.74, 6) is 0. The van der Waals surface area contributed by atoms with Gasteiger partial charge in [-0.25, -0.2) is 0 Å². The van der Waals surface area contributed by atoms with Gasteiger partial charge in [-0.05, 0) is 0 Å². The van der Waals surface area contributed by atoms with E-state index in [1.54, 1.807) is 6.07 Å². The third-order valence-corrected chi connectivity index (χ3v) is 0. The van der Waals surface area contributed by atoms with Gasteiger partial charge in [0.15, 0.2) is 0 Å². The summed E-state index contributed by atoms with van der Waals surface area (Å²) in [5, 5.41) is 7.32. The summed E-state index contributed by atoms with van der Waals surface area (Å²) in [6.07, 6.45) is 0. The van der Waals surface area contributed by atoms with Crippen molar-refractivity contribution in [2.24, 2.45) is 0 Å². The van der Waals surface area contributed by atoms with Crippen LogP contribution in [0.1, 0.15) is 20.8 Å². The molecule has 0 saturated carbocycles. The Morgan fingerprint density at radius 2 is 1.50 bits per heavy atom. The minimum absolute atomic E-state index is 0.472. The monoisotopic (exact) mass is 361 g/mol. The molecule has 0 aromatic carbocycles. The summed E-state index contributed by atoms with van der Waals surface area (Å²) < 4.78 is 0. The normalized spacial score (nSPS) is 5.60. The average Bonchev–Trinajstić information content (AvgIpc) is 1.65. The second-order valence-electron chi connectivity index (χ2n) is 1.35. The quantitative estimate of drug-likeness (QED) is 0.607. The topological polar surface area (TPSA) is 23.8 Å². The molecule has 0 aliphatic rings. The van der Waals surface area contributed by atoms with Crippen molar-refractivity contribution in [3.63, 3.8) is 0 Å². The van der Waals surface area contributed by atoms with Gasteiger partial charge in [0.1, 0.15) is 0 Å². The van der Waals surface area contributed by atoms with Gasteiger partial charge in [0, 0.05) is 6.92 Å². The van der Waals surface area contributed by atoms with Crippen LogP contribution in [0.4, 0.5) is 0 Å². The van der Waals surface area contributed by atoms with E-state index in [9.17, 15) is 0 Å². The Labute approximate surface area is 79.4 Å². The summed E-state index contributed by atoms with van der Waals surface area (Å²) in [4.78, 5) is 0. The number of allylic oxidation sites excluding steroid dienone is 1. The number of rotatable bonds is 0. The molecule has 1 nitrogen and oxygen atoms in total. The van der Waals surface area contributed by atoms with Crippen molar-refractivity contribution in [3.05, 3.63) is 12.2 Å². The van der Waals surface area contributed by atoms with Gasteiger partial charge >= 0.3 is 35.3 Å². The van der Waals surface area contributed by atoms with Crippen LogP contribution in [0.2, 0.25) is 0 Å². The zero-order valence-electron chi connectivity index (χ0n) is 6.10. The maximum atomic E-state index is 7.32. The third-order valence-electron chi connectivity index (χ3n) is 0. The fourth-order valence-corrected chi connectivity index (χ4v) is 0. The maximum absolute atomic E-state index is 7.32.